The first-order chi connectivity index (χ1) is 8.62. The highest BCUT2D eigenvalue weighted by Gasteiger charge is 2.27. The minimum Gasteiger partial charge on any atom is -0.345 e. The average Bonchev–Trinajstić information content (AvgIpc) is 2.80. The molecule has 1 fully saturated rings. The van der Waals surface area contributed by atoms with Gasteiger partial charge in [-0.25, -0.2) is 4.98 Å². The number of nitrogens with zero attached hydrogens (tertiary/aromatic N) is 2. The van der Waals surface area contributed by atoms with Crippen molar-refractivity contribution in [3.05, 3.63) is 17.7 Å². The van der Waals surface area contributed by atoms with Crippen LogP contribution in [0.1, 0.15) is 38.7 Å². The molecule has 1 aromatic heterocycles. The largest absolute Gasteiger partial charge is 0.345 e. The number of hydrogen-bond acceptors (Lipinski definition) is 3. The second-order valence-electron chi connectivity index (χ2n) is 5.92. The first kappa shape index (κ1) is 13.6. The minimum atomic E-state index is 0.101. The van der Waals surface area contributed by atoms with Crippen molar-refractivity contribution in [1.29, 1.82) is 0 Å². The van der Waals surface area contributed by atoms with E-state index in [-0.39, 0.29) is 5.41 Å². The highest BCUT2D eigenvalue weighted by molar-refractivity contribution is 5.11. The fourth-order valence-electron chi connectivity index (χ4n) is 2.60. The number of H-pyrrole nitrogens is 1. The Morgan fingerprint density at radius 1 is 1.33 bits per heavy atom. The van der Waals surface area contributed by atoms with Crippen LogP contribution in [0, 0.1) is 0 Å². The molecule has 0 atom stereocenters. The third-order valence-corrected chi connectivity index (χ3v) is 3.62. The Kier molecular flexibility index (Phi) is 4.40. The molecule has 18 heavy (non-hydrogen) atoms. The van der Waals surface area contributed by atoms with E-state index >= 15 is 0 Å². The fourth-order valence-corrected chi connectivity index (χ4v) is 2.60. The summed E-state index contributed by atoms with van der Waals surface area (Å²) in [7, 11) is 0. The number of rotatable bonds is 5. The predicted octanol–water partition coefficient (Wildman–Crippen LogP) is 1.54. The van der Waals surface area contributed by atoms with Gasteiger partial charge in [-0.15, -0.1) is 0 Å². The van der Waals surface area contributed by atoms with Gasteiger partial charge < -0.3 is 10.3 Å². The maximum atomic E-state index is 4.57. The van der Waals surface area contributed by atoms with Crippen molar-refractivity contribution in [3.63, 3.8) is 0 Å². The van der Waals surface area contributed by atoms with Crippen molar-refractivity contribution in [2.75, 3.05) is 32.7 Å². The minimum absolute atomic E-state index is 0.101. The topological polar surface area (TPSA) is 44.0 Å². The van der Waals surface area contributed by atoms with Gasteiger partial charge >= 0.3 is 0 Å². The van der Waals surface area contributed by atoms with E-state index in [1.54, 1.807) is 0 Å². The molecule has 4 nitrogen and oxygen atoms in total. The zero-order valence-corrected chi connectivity index (χ0v) is 11.9. The van der Waals surface area contributed by atoms with Crippen molar-refractivity contribution in [3.8, 4) is 0 Å². The summed E-state index contributed by atoms with van der Waals surface area (Å²) in [6.45, 7) is 12.3. The van der Waals surface area contributed by atoms with E-state index in [9.17, 15) is 0 Å². The number of nitrogens with one attached hydrogen (secondary N) is 2. The summed E-state index contributed by atoms with van der Waals surface area (Å²) < 4.78 is 0. The van der Waals surface area contributed by atoms with Gasteiger partial charge in [0.05, 0.1) is 0 Å². The van der Waals surface area contributed by atoms with Crippen LogP contribution < -0.4 is 5.32 Å². The molecule has 0 amide bonds. The molecule has 102 valence electrons. The quantitative estimate of drug-likeness (QED) is 0.833. The molecule has 1 aliphatic heterocycles. The summed E-state index contributed by atoms with van der Waals surface area (Å²) in [5.41, 5.74) is 1.37. The van der Waals surface area contributed by atoms with Crippen LogP contribution in [-0.2, 0) is 11.8 Å². The Hall–Kier alpha value is -0.870. The van der Waals surface area contributed by atoms with Crippen molar-refractivity contribution in [1.82, 2.24) is 20.2 Å². The van der Waals surface area contributed by atoms with Crippen LogP contribution >= 0.6 is 0 Å². The van der Waals surface area contributed by atoms with Crippen LogP contribution in [0.2, 0.25) is 0 Å². The maximum absolute atomic E-state index is 4.57. The van der Waals surface area contributed by atoms with Gasteiger partial charge in [-0.05, 0) is 6.42 Å². The zero-order chi connectivity index (χ0) is 13.0. The van der Waals surface area contributed by atoms with E-state index in [1.165, 1.54) is 12.1 Å². The second kappa shape index (κ2) is 5.85. The lowest BCUT2D eigenvalue weighted by Crippen LogP contribution is -2.48. The van der Waals surface area contributed by atoms with Crippen LogP contribution in [0.5, 0.6) is 0 Å². The van der Waals surface area contributed by atoms with Crippen molar-refractivity contribution >= 4 is 0 Å². The van der Waals surface area contributed by atoms with Gasteiger partial charge in [-0.1, -0.05) is 27.2 Å². The molecule has 0 unspecified atom stereocenters. The summed E-state index contributed by atoms with van der Waals surface area (Å²) in [6.07, 6.45) is 4.26. The molecule has 2 heterocycles. The molecule has 1 aliphatic rings. The summed E-state index contributed by atoms with van der Waals surface area (Å²) in [6, 6.07) is 0. The molecular weight excluding hydrogens is 224 g/mol. The van der Waals surface area contributed by atoms with E-state index < -0.39 is 0 Å². The molecule has 2 rings (SSSR count). The van der Waals surface area contributed by atoms with Crippen LogP contribution in [-0.4, -0.2) is 47.6 Å². The first-order valence-corrected chi connectivity index (χ1v) is 7.09. The van der Waals surface area contributed by atoms with Gasteiger partial charge in [0, 0.05) is 50.0 Å². The number of aryl methyl sites for hydroxylation is 1. The van der Waals surface area contributed by atoms with Crippen LogP contribution in [0.25, 0.3) is 0 Å². The molecule has 4 heteroatoms. The highest BCUT2D eigenvalue weighted by atomic mass is 15.2. The Balaban J connectivity index is 1.99. The monoisotopic (exact) mass is 250 g/mol. The van der Waals surface area contributed by atoms with Gasteiger partial charge in [0.1, 0.15) is 5.82 Å². The van der Waals surface area contributed by atoms with E-state index in [4.69, 9.17) is 0 Å². The highest BCUT2D eigenvalue weighted by Crippen LogP contribution is 2.22. The van der Waals surface area contributed by atoms with Crippen molar-refractivity contribution in [2.24, 2.45) is 0 Å². The fraction of sp³-hybridized carbons (Fsp3) is 0.786. The zero-order valence-electron chi connectivity index (χ0n) is 11.9. The second-order valence-corrected chi connectivity index (χ2v) is 5.92. The molecule has 1 aromatic rings. The number of aromatic amines is 1. The number of piperazine rings is 1. The summed E-state index contributed by atoms with van der Waals surface area (Å²) in [5, 5.41) is 3.40. The lowest BCUT2D eigenvalue weighted by atomic mass is 9.91. The third-order valence-electron chi connectivity index (χ3n) is 3.62. The Labute approximate surface area is 110 Å². The van der Waals surface area contributed by atoms with Gasteiger partial charge in [-0.3, -0.25) is 4.90 Å². The number of aromatic nitrogens is 2. The smallest absolute Gasteiger partial charge is 0.113 e. The predicted molar refractivity (Wildman–Crippen MR) is 74.9 cm³/mol. The molecule has 0 bridgehead atoms. The molecule has 0 radical (unpaired) electrons. The molecule has 0 saturated carbocycles. The van der Waals surface area contributed by atoms with Crippen LogP contribution in [0.3, 0.4) is 0 Å². The van der Waals surface area contributed by atoms with Crippen molar-refractivity contribution in [2.45, 2.75) is 39.0 Å². The lowest BCUT2D eigenvalue weighted by molar-refractivity contribution is 0.196. The maximum Gasteiger partial charge on any atom is 0.113 e. The van der Waals surface area contributed by atoms with Crippen LogP contribution in [0.4, 0.5) is 0 Å². The molecule has 1 saturated heterocycles. The standard InChI is InChI=1S/C14H26N4/c1-4-5-12-10-16-13(17-12)14(2,3)11-18-8-6-15-7-9-18/h10,15H,4-9,11H2,1-3H3,(H,16,17). The van der Waals surface area contributed by atoms with Crippen LogP contribution in [0.15, 0.2) is 6.20 Å². The Morgan fingerprint density at radius 3 is 2.72 bits per heavy atom. The van der Waals surface area contributed by atoms with Crippen molar-refractivity contribution < 1.29 is 0 Å². The third kappa shape index (κ3) is 3.33. The summed E-state index contributed by atoms with van der Waals surface area (Å²) in [4.78, 5) is 10.6. The van der Waals surface area contributed by atoms with Gasteiger partial charge in [0.25, 0.3) is 0 Å². The van der Waals surface area contributed by atoms with E-state index in [2.05, 4.69) is 41.0 Å². The Bertz CT molecular complexity index is 364. The molecular formula is C14H26N4. The summed E-state index contributed by atoms with van der Waals surface area (Å²) >= 11 is 0. The molecule has 0 aliphatic carbocycles. The molecule has 0 aromatic carbocycles. The molecule has 2 N–H and O–H groups in total. The van der Waals surface area contributed by atoms with Gasteiger partial charge in [0.2, 0.25) is 0 Å². The van der Waals surface area contributed by atoms with E-state index in [1.807, 2.05) is 6.20 Å². The normalized spacial score (nSPS) is 18.2. The van der Waals surface area contributed by atoms with E-state index in [0.29, 0.717) is 0 Å². The SMILES string of the molecule is CCCc1cnc(C(C)(C)CN2CCNCC2)[nH]1. The lowest BCUT2D eigenvalue weighted by Gasteiger charge is -2.34. The first-order valence-electron chi connectivity index (χ1n) is 7.09. The number of hydrogen-bond donors (Lipinski definition) is 2. The molecule has 0 spiro atoms. The van der Waals surface area contributed by atoms with E-state index in [0.717, 1.165) is 45.0 Å². The summed E-state index contributed by atoms with van der Waals surface area (Å²) in [5.74, 6) is 1.13. The average molecular weight is 250 g/mol. The van der Waals surface area contributed by atoms with Gasteiger partial charge in [-0.2, -0.15) is 0 Å². The van der Waals surface area contributed by atoms with Gasteiger partial charge in [0.15, 0.2) is 0 Å². The Morgan fingerprint density at radius 2 is 2.06 bits per heavy atom. The number of imidazole rings is 1.